The Hall–Kier alpha value is -1.22. The van der Waals surface area contributed by atoms with E-state index in [1.165, 1.54) is 12.4 Å². The lowest BCUT2D eigenvalue weighted by atomic mass is 10.4. The number of methoxy groups -OCH3 is 1. The summed E-state index contributed by atoms with van der Waals surface area (Å²) >= 11 is 6.31. The normalized spacial score (nSPS) is 9.90. The highest BCUT2D eigenvalue weighted by Crippen LogP contribution is 2.06. The van der Waals surface area contributed by atoms with Gasteiger partial charge in [-0.2, -0.15) is 9.46 Å². The first kappa shape index (κ1) is 17.8. The van der Waals surface area contributed by atoms with Crippen LogP contribution < -0.4 is 9.46 Å². The number of pyridine rings is 2. The number of halogens is 2. The molecule has 2 heterocycles. The molecule has 0 radical (unpaired) electrons. The van der Waals surface area contributed by atoms with E-state index in [-0.39, 0.29) is 6.61 Å². The second kappa shape index (κ2) is 8.93. The molecule has 0 fully saturated rings. The Balaban J connectivity index is 0.000000211. The van der Waals surface area contributed by atoms with Gasteiger partial charge in [-0.05, 0) is 44.0 Å². The fourth-order valence-electron chi connectivity index (χ4n) is 1.36. The number of ether oxygens (including phenoxy) is 1. The molecule has 0 amide bonds. The molecule has 0 aliphatic carbocycles. The van der Waals surface area contributed by atoms with E-state index in [0.717, 1.165) is 9.20 Å². The summed E-state index contributed by atoms with van der Waals surface area (Å²) in [6, 6.07) is 6.81. The Morgan fingerprint density at radius 3 is 1.86 bits per heavy atom. The minimum atomic E-state index is -0.225. The predicted molar refractivity (Wildman–Crippen MR) is 82.8 cm³/mol. The molecule has 0 saturated heterocycles. The molecule has 2 aromatic heterocycles. The lowest BCUT2D eigenvalue weighted by Gasteiger charge is -2.02. The monoisotopic (exact) mass is 420 g/mol. The van der Waals surface area contributed by atoms with Gasteiger partial charge in [-0.15, -0.1) is 0 Å². The first-order valence-electron chi connectivity index (χ1n) is 5.83. The summed E-state index contributed by atoms with van der Waals surface area (Å²) in [7, 11) is 1.56. The van der Waals surface area contributed by atoms with E-state index in [1.54, 1.807) is 25.3 Å². The Morgan fingerprint density at radius 1 is 1.00 bits per heavy atom. The molecule has 2 rings (SSSR count). The number of nitrogens with zero attached hydrogens (tertiary/aromatic N) is 2. The Bertz CT molecular complexity index is 596. The van der Waals surface area contributed by atoms with Gasteiger partial charge in [0, 0.05) is 19.2 Å². The molecule has 0 atom stereocenters. The van der Waals surface area contributed by atoms with E-state index in [4.69, 9.17) is 9.84 Å². The van der Waals surface area contributed by atoms with Gasteiger partial charge in [0.1, 0.15) is 13.2 Å². The van der Waals surface area contributed by atoms with E-state index >= 15 is 0 Å². The quantitative estimate of drug-likeness (QED) is 0.605. The van der Waals surface area contributed by atoms with Crippen LogP contribution in [0, 0.1) is 10.4 Å². The van der Waals surface area contributed by atoms with Crippen molar-refractivity contribution in [1.82, 2.24) is 0 Å². The fraction of sp³-hybridized carbons (Fsp3) is 0.231. The molecule has 0 unspecified atom stereocenters. The fourth-order valence-corrected chi connectivity index (χ4v) is 1.99. The number of aromatic nitrogens is 2. The van der Waals surface area contributed by atoms with Gasteiger partial charge < -0.3 is 20.3 Å². The molecule has 8 heteroatoms. The maximum absolute atomic E-state index is 11.0. The summed E-state index contributed by atoms with van der Waals surface area (Å²) in [4.78, 5) is 0. The lowest BCUT2D eigenvalue weighted by Crippen LogP contribution is -2.31. The topological polar surface area (TPSA) is 83.3 Å². The van der Waals surface area contributed by atoms with Crippen LogP contribution in [0.4, 0.5) is 0 Å². The average Bonchev–Trinajstić information content (AvgIpc) is 2.43. The third-order valence-electron chi connectivity index (χ3n) is 2.37. The van der Waals surface area contributed by atoms with Crippen LogP contribution in [0.25, 0.3) is 0 Å². The summed E-state index contributed by atoms with van der Waals surface area (Å²) in [5.74, 6) is 0. The highest BCUT2D eigenvalue weighted by atomic mass is 79.9. The van der Waals surface area contributed by atoms with Crippen LogP contribution >= 0.6 is 31.9 Å². The minimum absolute atomic E-state index is 0.225. The zero-order valence-electron chi connectivity index (χ0n) is 11.2. The van der Waals surface area contributed by atoms with Crippen molar-refractivity contribution >= 4 is 31.9 Å². The number of hydrogen-bond donors (Lipinski definition) is 1. The molecule has 0 saturated carbocycles. The van der Waals surface area contributed by atoms with Crippen molar-refractivity contribution in [2.24, 2.45) is 0 Å². The maximum Gasteiger partial charge on any atom is 0.218 e. The number of hydrogen-bond acceptors (Lipinski definition) is 4. The van der Waals surface area contributed by atoms with Crippen molar-refractivity contribution in [3.05, 3.63) is 67.4 Å². The van der Waals surface area contributed by atoms with Gasteiger partial charge in [0.15, 0.2) is 12.4 Å². The van der Waals surface area contributed by atoms with Gasteiger partial charge in [0.2, 0.25) is 11.4 Å². The summed E-state index contributed by atoms with van der Waals surface area (Å²) in [6.07, 6.45) is 2.81. The van der Waals surface area contributed by atoms with Crippen LogP contribution in [0.3, 0.4) is 0 Å². The second-order valence-corrected chi connectivity index (χ2v) is 5.75. The van der Waals surface area contributed by atoms with Crippen LogP contribution in [-0.2, 0) is 18.0 Å². The molecule has 0 spiro atoms. The molecule has 0 aliphatic rings. The Kier molecular flexibility index (Phi) is 7.58. The van der Waals surface area contributed by atoms with Crippen LogP contribution in [0.5, 0.6) is 0 Å². The number of rotatable bonds is 3. The van der Waals surface area contributed by atoms with Crippen LogP contribution in [0.15, 0.2) is 45.6 Å². The molecule has 114 valence electrons. The molecule has 21 heavy (non-hydrogen) atoms. The smallest absolute Gasteiger partial charge is 0.218 e. The average molecular weight is 422 g/mol. The van der Waals surface area contributed by atoms with E-state index in [1.807, 2.05) is 6.07 Å². The third kappa shape index (κ3) is 5.96. The molecule has 2 aromatic rings. The molecule has 6 nitrogen and oxygen atoms in total. The van der Waals surface area contributed by atoms with E-state index < -0.39 is 0 Å². The van der Waals surface area contributed by atoms with Crippen molar-refractivity contribution < 1.29 is 19.3 Å². The van der Waals surface area contributed by atoms with Gasteiger partial charge in [-0.3, -0.25) is 0 Å². The highest BCUT2D eigenvalue weighted by molar-refractivity contribution is 9.10. The molecular formula is C13H14Br2N2O4. The standard InChI is InChI=1S/C7H8BrNO2.C6H6BrNO2/c1-11-5-7-3-2-6(8)4-9(7)10;7-5-1-2-6(4-9)8(10)3-5/h2-4H,5H2,1H3;1-3,9H,4H2. The van der Waals surface area contributed by atoms with Gasteiger partial charge in [-0.1, -0.05) is 0 Å². The summed E-state index contributed by atoms with van der Waals surface area (Å²) in [6.45, 7) is 0.119. The largest absolute Gasteiger partial charge is 0.618 e. The van der Waals surface area contributed by atoms with Gasteiger partial charge in [0.25, 0.3) is 0 Å². The van der Waals surface area contributed by atoms with E-state index in [2.05, 4.69) is 31.9 Å². The van der Waals surface area contributed by atoms with Gasteiger partial charge in [0.05, 0.1) is 8.95 Å². The first-order chi connectivity index (χ1) is 9.97. The summed E-state index contributed by atoms with van der Waals surface area (Å²) in [5.41, 5.74) is 0.957. The van der Waals surface area contributed by atoms with E-state index in [9.17, 15) is 10.4 Å². The third-order valence-corrected chi connectivity index (χ3v) is 3.31. The molecular weight excluding hydrogens is 408 g/mol. The predicted octanol–water partition coefficient (Wildman–Crippen LogP) is 1.80. The maximum atomic E-state index is 11.0. The van der Waals surface area contributed by atoms with Crippen molar-refractivity contribution in [3.8, 4) is 0 Å². The van der Waals surface area contributed by atoms with E-state index in [0.29, 0.717) is 27.2 Å². The van der Waals surface area contributed by atoms with Crippen LogP contribution in [-0.4, -0.2) is 12.2 Å². The molecule has 0 aromatic carbocycles. The Morgan fingerprint density at radius 2 is 1.48 bits per heavy atom. The van der Waals surface area contributed by atoms with Crippen LogP contribution in [0.1, 0.15) is 11.4 Å². The summed E-state index contributed by atoms with van der Waals surface area (Å²) < 4.78 is 7.71. The molecule has 0 aliphatic heterocycles. The van der Waals surface area contributed by atoms with Crippen molar-refractivity contribution in [2.45, 2.75) is 13.2 Å². The van der Waals surface area contributed by atoms with Crippen molar-refractivity contribution in [1.29, 1.82) is 0 Å². The SMILES string of the molecule is COCc1ccc(Br)c[n+]1[O-].[O-][n+]1cc(Br)ccc1CO. The molecule has 1 N–H and O–H groups in total. The lowest BCUT2D eigenvalue weighted by molar-refractivity contribution is -0.617. The van der Waals surface area contributed by atoms with Gasteiger partial charge in [-0.25, -0.2) is 0 Å². The highest BCUT2D eigenvalue weighted by Gasteiger charge is 2.03. The molecule has 0 bridgehead atoms. The summed E-state index contributed by atoms with van der Waals surface area (Å²) in [5, 5.41) is 30.4. The zero-order valence-corrected chi connectivity index (χ0v) is 14.4. The Labute approximate surface area is 139 Å². The van der Waals surface area contributed by atoms with Gasteiger partial charge >= 0.3 is 0 Å². The first-order valence-corrected chi connectivity index (χ1v) is 7.41. The van der Waals surface area contributed by atoms with Crippen molar-refractivity contribution in [3.63, 3.8) is 0 Å². The minimum Gasteiger partial charge on any atom is -0.618 e. The van der Waals surface area contributed by atoms with Crippen LogP contribution in [0.2, 0.25) is 0 Å². The number of aliphatic hydroxyl groups excluding tert-OH is 1. The zero-order chi connectivity index (χ0) is 15.8. The number of aliphatic hydroxyl groups is 1. The van der Waals surface area contributed by atoms with Crippen molar-refractivity contribution in [2.75, 3.05) is 7.11 Å². The second-order valence-electron chi connectivity index (χ2n) is 3.92.